The highest BCUT2D eigenvalue weighted by Crippen LogP contribution is 2.52. The van der Waals surface area contributed by atoms with Crippen LogP contribution in [-0.2, 0) is 5.41 Å². The van der Waals surface area contributed by atoms with Crippen molar-refractivity contribution >= 4 is 0 Å². The highest BCUT2D eigenvalue weighted by atomic mass is 16.5. The first-order valence-electron chi connectivity index (χ1n) is 4.76. The molecule has 69 valence electrons. The Hall–Kier alpha value is -0.980. The van der Waals surface area contributed by atoms with Crippen LogP contribution in [0.4, 0.5) is 0 Å². The van der Waals surface area contributed by atoms with Crippen molar-refractivity contribution in [2.75, 3.05) is 7.11 Å². The molecule has 0 spiro atoms. The van der Waals surface area contributed by atoms with Crippen molar-refractivity contribution in [3.05, 3.63) is 36.2 Å². The number of hydrogen-bond acceptors (Lipinski definition) is 1. The monoisotopic (exact) mass is 175 g/mol. The number of rotatable bonds is 3. The Balaban J connectivity index is 2.39. The van der Waals surface area contributed by atoms with Crippen LogP contribution in [0, 0.1) is 6.42 Å². The van der Waals surface area contributed by atoms with Gasteiger partial charge in [0.25, 0.3) is 0 Å². The van der Waals surface area contributed by atoms with Gasteiger partial charge >= 0.3 is 0 Å². The second-order valence-electron chi connectivity index (χ2n) is 3.65. The van der Waals surface area contributed by atoms with E-state index in [0.717, 1.165) is 5.75 Å². The Kier molecular flexibility index (Phi) is 2.03. The van der Waals surface area contributed by atoms with Gasteiger partial charge in [0.15, 0.2) is 0 Å². The summed E-state index contributed by atoms with van der Waals surface area (Å²) in [5, 5.41) is 0. The Morgan fingerprint density at radius 2 is 2.00 bits per heavy atom. The van der Waals surface area contributed by atoms with Crippen molar-refractivity contribution in [3.8, 4) is 5.75 Å². The molecule has 1 aromatic rings. The quantitative estimate of drug-likeness (QED) is 0.686. The fraction of sp³-hybridized carbons (Fsp3) is 0.417. The summed E-state index contributed by atoms with van der Waals surface area (Å²) < 4.78 is 5.35. The third kappa shape index (κ3) is 1.32. The largest absolute Gasteiger partial charge is 0.496 e. The Labute approximate surface area is 79.7 Å². The molecule has 0 unspecified atom stereocenters. The normalized spacial score (nSPS) is 18.3. The first-order valence-corrected chi connectivity index (χ1v) is 4.76. The summed E-state index contributed by atoms with van der Waals surface area (Å²) >= 11 is 0. The van der Waals surface area contributed by atoms with Crippen LogP contribution in [0.3, 0.4) is 0 Å². The average molecular weight is 175 g/mol. The standard InChI is InChI=1S/C12H15O/c1-3-12(8-9-12)10-6-4-5-7-11(10)13-2/h3-7H,8-9H2,1-2H3. The molecule has 0 atom stereocenters. The lowest BCUT2D eigenvalue weighted by molar-refractivity contribution is 0.406. The van der Waals surface area contributed by atoms with Crippen molar-refractivity contribution in [3.63, 3.8) is 0 Å². The maximum absolute atomic E-state index is 5.35. The van der Waals surface area contributed by atoms with Crippen LogP contribution < -0.4 is 4.74 Å². The zero-order valence-corrected chi connectivity index (χ0v) is 8.21. The molecule has 1 saturated carbocycles. The maximum Gasteiger partial charge on any atom is 0.122 e. The van der Waals surface area contributed by atoms with Crippen LogP contribution in [0.5, 0.6) is 5.75 Å². The molecular weight excluding hydrogens is 160 g/mol. The number of benzene rings is 1. The second kappa shape index (κ2) is 3.06. The van der Waals surface area contributed by atoms with Crippen molar-refractivity contribution < 1.29 is 4.74 Å². The molecule has 2 rings (SSSR count). The van der Waals surface area contributed by atoms with Crippen LogP contribution in [-0.4, -0.2) is 7.11 Å². The molecule has 0 heterocycles. The zero-order valence-electron chi connectivity index (χ0n) is 8.21. The van der Waals surface area contributed by atoms with Gasteiger partial charge in [0, 0.05) is 11.0 Å². The minimum atomic E-state index is 0.326. The first kappa shape index (κ1) is 8.61. The average Bonchev–Trinajstić information content (AvgIpc) is 2.98. The molecule has 1 aliphatic carbocycles. The fourth-order valence-corrected chi connectivity index (χ4v) is 1.90. The van der Waals surface area contributed by atoms with Gasteiger partial charge in [-0.15, -0.1) is 0 Å². The van der Waals surface area contributed by atoms with E-state index < -0.39 is 0 Å². The summed E-state index contributed by atoms with van der Waals surface area (Å²) in [6.45, 7) is 2.14. The lowest BCUT2D eigenvalue weighted by Gasteiger charge is -2.16. The first-order chi connectivity index (χ1) is 6.32. The second-order valence-corrected chi connectivity index (χ2v) is 3.65. The van der Waals surface area contributed by atoms with Crippen molar-refractivity contribution in [2.45, 2.75) is 25.2 Å². The number of methoxy groups -OCH3 is 1. The van der Waals surface area contributed by atoms with Gasteiger partial charge in [-0.2, -0.15) is 0 Å². The molecular formula is C12H15O. The maximum atomic E-state index is 5.35. The van der Waals surface area contributed by atoms with E-state index in [0.29, 0.717) is 5.41 Å². The Morgan fingerprint density at radius 3 is 2.54 bits per heavy atom. The predicted octanol–water partition coefficient (Wildman–Crippen LogP) is 2.95. The molecule has 0 N–H and O–H groups in total. The van der Waals surface area contributed by atoms with Gasteiger partial charge in [-0.3, -0.25) is 0 Å². The molecule has 13 heavy (non-hydrogen) atoms. The minimum Gasteiger partial charge on any atom is -0.496 e. The highest BCUT2D eigenvalue weighted by Gasteiger charge is 2.44. The third-order valence-corrected chi connectivity index (χ3v) is 2.98. The lowest BCUT2D eigenvalue weighted by atomic mass is 9.92. The van der Waals surface area contributed by atoms with E-state index in [1.54, 1.807) is 7.11 Å². The van der Waals surface area contributed by atoms with E-state index in [2.05, 4.69) is 25.5 Å². The molecule has 1 aliphatic rings. The predicted molar refractivity (Wildman–Crippen MR) is 53.9 cm³/mol. The van der Waals surface area contributed by atoms with Gasteiger partial charge in [0.2, 0.25) is 0 Å². The van der Waals surface area contributed by atoms with Gasteiger partial charge < -0.3 is 4.74 Å². The van der Waals surface area contributed by atoms with Crippen molar-refractivity contribution in [1.29, 1.82) is 0 Å². The molecule has 1 nitrogen and oxygen atoms in total. The van der Waals surface area contributed by atoms with E-state index in [1.807, 2.05) is 12.1 Å². The summed E-state index contributed by atoms with van der Waals surface area (Å²) in [6, 6.07) is 8.32. The van der Waals surface area contributed by atoms with Gasteiger partial charge in [0.05, 0.1) is 7.11 Å². The fourth-order valence-electron chi connectivity index (χ4n) is 1.90. The summed E-state index contributed by atoms with van der Waals surface area (Å²) in [5.74, 6) is 1.03. The van der Waals surface area contributed by atoms with E-state index in [-0.39, 0.29) is 0 Å². The molecule has 1 heteroatoms. The van der Waals surface area contributed by atoms with Crippen molar-refractivity contribution in [1.82, 2.24) is 0 Å². The molecule has 0 aromatic heterocycles. The topological polar surface area (TPSA) is 9.23 Å². The zero-order chi connectivity index (χ0) is 9.31. The molecule has 1 fully saturated rings. The van der Waals surface area contributed by atoms with Crippen LogP contribution in [0.1, 0.15) is 25.3 Å². The highest BCUT2D eigenvalue weighted by molar-refractivity contribution is 5.45. The number of ether oxygens (including phenoxy) is 1. The third-order valence-electron chi connectivity index (χ3n) is 2.98. The van der Waals surface area contributed by atoms with Crippen molar-refractivity contribution in [2.24, 2.45) is 0 Å². The van der Waals surface area contributed by atoms with E-state index in [4.69, 9.17) is 4.74 Å². The van der Waals surface area contributed by atoms with Gasteiger partial charge in [-0.25, -0.2) is 0 Å². The molecule has 1 aromatic carbocycles. The van der Waals surface area contributed by atoms with E-state index >= 15 is 0 Å². The van der Waals surface area contributed by atoms with Gasteiger partial charge in [-0.1, -0.05) is 25.1 Å². The summed E-state index contributed by atoms with van der Waals surface area (Å²) in [4.78, 5) is 0. The number of hydrogen-bond donors (Lipinski definition) is 0. The SMILES string of the molecule is C[CH]C1(c2ccccc2OC)CC1. The van der Waals surface area contributed by atoms with Gasteiger partial charge in [-0.05, 0) is 25.3 Å². The lowest BCUT2D eigenvalue weighted by Crippen LogP contribution is -2.06. The van der Waals surface area contributed by atoms with Crippen LogP contribution in [0.25, 0.3) is 0 Å². The smallest absolute Gasteiger partial charge is 0.122 e. The van der Waals surface area contributed by atoms with E-state index in [1.165, 1.54) is 18.4 Å². The van der Waals surface area contributed by atoms with E-state index in [9.17, 15) is 0 Å². The van der Waals surface area contributed by atoms with Crippen LogP contribution in [0.2, 0.25) is 0 Å². The molecule has 1 radical (unpaired) electrons. The molecule has 0 amide bonds. The molecule has 0 aliphatic heterocycles. The summed E-state index contributed by atoms with van der Waals surface area (Å²) in [7, 11) is 1.74. The van der Waals surface area contributed by atoms with Gasteiger partial charge in [0.1, 0.15) is 5.75 Å². The number of para-hydroxylation sites is 1. The van der Waals surface area contributed by atoms with Crippen LogP contribution >= 0.6 is 0 Å². The molecule has 0 saturated heterocycles. The van der Waals surface area contributed by atoms with Crippen LogP contribution in [0.15, 0.2) is 24.3 Å². The summed E-state index contributed by atoms with van der Waals surface area (Å²) in [5.41, 5.74) is 1.67. The Morgan fingerprint density at radius 1 is 1.31 bits per heavy atom. The summed E-state index contributed by atoms with van der Waals surface area (Å²) in [6.07, 6.45) is 4.83. The minimum absolute atomic E-state index is 0.326. The molecule has 0 bridgehead atoms. The Bertz CT molecular complexity index is 300.